The lowest BCUT2D eigenvalue weighted by atomic mass is 10.1. The Morgan fingerprint density at radius 1 is 1.40 bits per heavy atom. The van der Waals surface area contributed by atoms with E-state index < -0.39 is 29.5 Å². The van der Waals surface area contributed by atoms with E-state index in [9.17, 15) is 14.0 Å². The Bertz CT molecular complexity index is 497. The fraction of sp³-hybridized carbons (Fsp3) is 0.429. The molecule has 0 unspecified atom stereocenters. The topological polar surface area (TPSA) is 81.4 Å². The van der Waals surface area contributed by atoms with Gasteiger partial charge in [-0.15, -0.1) is 0 Å². The number of amides is 2. The maximum absolute atomic E-state index is 13.1. The molecule has 0 bridgehead atoms. The monoisotopic (exact) mass is 282 g/mol. The molecule has 1 rings (SSSR count). The van der Waals surface area contributed by atoms with Gasteiger partial charge in [-0.25, -0.2) is 9.18 Å². The number of ether oxygens (including phenoxy) is 1. The second kappa shape index (κ2) is 6.36. The fourth-order valence-corrected chi connectivity index (χ4v) is 1.57. The van der Waals surface area contributed by atoms with Crippen LogP contribution in [-0.4, -0.2) is 23.6 Å². The van der Waals surface area contributed by atoms with Gasteiger partial charge in [0.05, 0.1) is 0 Å². The van der Waals surface area contributed by atoms with Crippen molar-refractivity contribution in [3.05, 3.63) is 35.6 Å². The molecule has 0 aliphatic heterocycles. The first-order chi connectivity index (χ1) is 9.17. The van der Waals surface area contributed by atoms with E-state index in [0.29, 0.717) is 5.56 Å². The highest BCUT2D eigenvalue weighted by atomic mass is 19.1. The minimum atomic E-state index is -0.952. The van der Waals surface area contributed by atoms with Crippen LogP contribution in [0.15, 0.2) is 24.3 Å². The van der Waals surface area contributed by atoms with Crippen LogP contribution in [-0.2, 0) is 16.0 Å². The Morgan fingerprint density at radius 3 is 2.55 bits per heavy atom. The number of hydrogen-bond acceptors (Lipinski definition) is 3. The standard InChI is InChI=1S/C14H19FN2O3/c1-14(2,3)20-13(19)17-11(12(16)18)8-9-5-4-6-10(15)7-9/h4-7,11H,8H2,1-3H3,(H2,16,18)(H,17,19)/t11-/m0/s1. The molecular formula is C14H19FN2O3. The van der Waals surface area contributed by atoms with Crippen molar-refractivity contribution in [1.82, 2.24) is 5.32 Å². The highest BCUT2D eigenvalue weighted by Gasteiger charge is 2.23. The average Bonchev–Trinajstić information content (AvgIpc) is 2.25. The molecule has 2 amide bonds. The minimum absolute atomic E-state index is 0.104. The smallest absolute Gasteiger partial charge is 0.408 e. The summed E-state index contributed by atoms with van der Waals surface area (Å²) in [6, 6.07) is 4.80. The predicted octanol–water partition coefficient (Wildman–Crippen LogP) is 1.75. The van der Waals surface area contributed by atoms with E-state index in [2.05, 4.69) is 5.32 Å². The van der Waals surface area contributed by atoms with Crippen LogP contribution in [0.4, 0.5) is 9.18 Å². The lowest BCUT2D eigenvalue weighted by molar-refractivity contribution is -0.120. The maximum atomic E-state index is 13.1. The molecule has 1 aromatic rings. The first-order valence-corrected chi connectivity index (χ1v) is 6.20. The molecule has 0 radical (unpaired) electrons. The zero-order valence-electron chi connectivity index (χ0n) is 11.8. The van der Waals surface area contributed by atoms with Crippen LogP contribution in [0.2, 0.25) is 0 Å². The number of benzene rings is 1. The van der Waals surface area contributed by atoms with Crippen molar-refractivity contribution < 1.29 is 18.7 Å². The molecule has 0 spiro atoms. The number of rotatable bonds is 4. The van der Waals surface area contributed by atoms with Crippen LogP contribution >= 0.6 is 0 Å². The molecule has 0 saturated carbocycles. The van der Waals surface area contributed by atoms with Crippen molar-refractivity contribution in [2.45, 2.75) is 38.8 Å². The quantitative estimate of drug-likeness (QED) is 0.882. The van der Waals surface area contributed by atoms with Crippen LogP contribution in [0.25, 0.3) is 0 Å². The van der Waals surface area contributed by atoms with Gasteiger partial charge < -0.3 is 15.8 Å². The molecule has 0 aromatic heterocycles. The van der Waals surface area contributed by atoms with Gasteiger partial charge >= 0.3 is 6.09 Å². The summed E-state index contributed by atoms with van der Waals surface area (Å²) >= 11 is 0. The van der Waals surface area contributed by atoms with Crippen LogP contribution in [0, 0.1) is 5.82 Å². The maximum Gasteiger partial charge on any atom is 0.408 e. The number of nitrogens with two attached hydrogens (primary N) is 1. The number of halogens is 1. The van der Waals surface area contributed by atoms with E-state index in [-0.39, 0.29) is 6.42 Å². The van der Waals surface area contributed by atoms with Gasteiger partial charge in [0.15, 0.2) is 0 Å². The summed E-state index contributed by atoms with van der Waals surface area (Å²) in [6.07, 6.45) is -0.635. The molecule has 0 fully saturated rings. The first kappa shape index (κ1) is 15.9. The van der Waals surface area contributed by atoms with Gasteiger partial charge in [-0.2, -0.15) is 0 Å². The first-order valence-electron chi connectivity index (χ1n) is 6.20. The largest absolute Gasteiger partial charge is 0.444 e. The van der Waals surface area contributed by atoms with E-state index in [4.69, 9.17) is 10.5 Å². The third-order valence-electron chi connectivity index (χ3n) is 2.36. The fourth-order valence-electron chi connectivity index (χ4n) is 1.57. The lowest BCUT2D eigenvalue weighted by Crippen LogP contribution is -2.47. The van der Waals surface area contributed by atoms with Crippen LogP contribution in [0.1, 0.15) is 26.3 Å². The molecule has 0 aliphatic carbocycles. The molecule has 20 heavy (non-hydrogen) atoms. The van der Waals surface area contributed by atoms with Gasteiger partial charge in [0, 0.05) is 6.42 Å². The second-order valence-corrected chi connectivity index (χ2v) is 5.44. The van der Waals surface area contributed by atoms with Gasteiger partial charge in [-0.3, -0.25) is 4.79 Å². The van der Waals surface area contributed by atoms with Gasteiger partial charge in [0.25, 0.3) is 0 Å². The van der Waals surface area contributed by atoms with Crippen molar-refractivity contribution in [2.24, 2.45) is 5.73 Å². The Kier molecular flexibility index (Phi) is 5.07. The highest BCUT2D eigenvalue weighted by molar-refractivity contribution is 5.84. The molecule has 5 nitrogen and oxygen atoms in total. The number of hydrogen-bond donors (Lipinski definition) is 2. The van der Waals surface area contributed by atoms with Gasteiger partial charge in [-0.1, -0.05) is 12.1 Å². The van der Waals surface area contributed by atoms with E-state index in [1.165, 1.54) is 18.2 Å². The number of carbonyl (C=O) groups is 2. The highest BCUT2D eigenvalue weighted by Crippen LogP contribution is 2.09. The summed E-state index contributed by atoms with van der Waals surface area (Å²) in [5.41, 5.74) is 5.12. The molecular weight excluding hydrogens is 263 g/mol. The molecule has 0 saturated heterocycles. The summed E-state index contributed by atoms with van der Waals surface area (Å²) in [5, 5.41) is 2.38. The molecule has 1 atom stereocenters. The SMILES string of the molecule is CC(C)(C)OC(=O)N[C@@H](Cc1cccc(F)c1)C(N)=O. The summed E-state index contributed by atoms with van der Waals surface area (Å²) in [4.78, 5) is 23.0. The van der Waals surface area contributed by atoms with E-state index >= 15 is 0 Å². The van der Waals surface area contributed by atoms with Gasteiger partial charge in [0.2, 0.25) is 5.91 Å². The third-order valence-corrected chi connectivity index (χ3v) is 2.36. The number of primary amides is 1. The molecule has 1 aromatic carbocycles. The van der Waals surface area contributed by atoms with Crippen molar-refractivity contribution in [3.8, 4) is 0 Å². The van der Waals surface area contributed by atoms with Crippen molar-refractivity contribution >= 4 is 12.0 Å². The summed E-state index contributed by atoms with van der Waals surface area (Å²) in [6.45, 7) is 5.12. The molecule has 0 heterocycles. The van der Waals surface area contributed by atoms with Crippen molar-refractivity contribution in [3.63, 3.8) is 0 Å². The zero-order chi connectivity index (χ0) is 15.3. The molecule has 0 aliphatic rings. The Labute approximate surface area is 117 Å². The number of alkyl carbamates (subject to hydrolysis) is 1. The minimum Gasteiger partial charge on any atom is -0.444 e. The Hall–Kier alpha value is -2.11. The van der Waals surface area contributed by atoms with Gasteiger partial charge in [-0.05, 0) is 38.5 Å². The zero-order valence-corrected chi connectivity index (χ0v) is 11.8. The van der Waals surface area contributed by atoms with Crippen molar-refractivity contribution in [1.29, 1.82) is 0 Å². The molecule has 6 heteroatoms. The van der Waals surface area contributed by atoms with Crippen LogP contribution < -0.4 is 11.1 Å². The lowest BCUT2D eigenvalue weighted by Gasteiger charge is -2.22. The normalized spacial score (nSPS) is 12.6. The summed E-state index contributed by atoms with van der Waals surface area (Å²) in [7, 11) is 0. The van der Waals surface area contributed by atoms with Crippen LogP contribution in [0.3, 0.4) is 0 Å². The third kappa shape index (κ3) is 5.69. The number of nitrogens with one attached hydrogen (secondary N) is 1. The van der Waals surface area contributed by atoms with Crippen molar-refractivity contribution in [2.75, 3.05) is 0 Å². The second-order valence-electron chi connectivity index (χ2n) is 5.44. The Balaban J connectivity index is 2.71. The van der Waals surface area contributed by atoms with Gasteiger partial charge in [0.1, 0.15) is 17.5 Å². The average molecular weight is 282 g/mol. The summed E-state index contributed by atoms with van der Waals surface area (Å²) in [5.74, 6) is -1.12. The van der Waals surface area contributed by atoms with E-state index in [1.807, 2.05) is 0 Å². The van der Waals surface area contributed by atoms with Crippen LogP contribution in [0.5, 0.6) is 0 Å². The Morgan fingerprint density at radius 2 is 2.05 bits per heavy atom. The van der Waals surface area contributed by atoms with E-state index in [1.54, 1.807) is 26.8 Å². The molecule has 110 valence electrons. The summed E-state index contributed by atoms with van der Waals surface area (Å²) < 4.78 is 18.1. The number of carbonyl (C=O) groups excluding carboxylic acids is 2. The van der Waals surface area contributed by atoms with E-state index in [0.717, 1.165) is 0 Å². The predicted molar refractivity (Wildman–Crippen MR) is 72.5 cm³/mol. The molecule has 3 N–H and O–H groups in total.